The topological polar surface area (TPSA) is 71.1 Å². The zero-order valence-electron chi connectivity index (χ0n) is 15.5. The first kappa shape index (κ1) is 18.8. The predicted octanol–water partition coefficient (Wildman–Crippen LogP) is 3.80. The van der Waals surface area contributed by atoms with Crippen LogP contribution in [0.1, 0.15) is 33.8 Å². The molecule has 1 atom stereocenters. The van der Waals surface area contributed by atoms with Crippen molar-refractivity contribution in [2.75, 3.05) is 0 Å². The standard InChI is InChI=1S/C21H21N3O2S2/c1-13-18(28-21(22-13)15-9-10-27-12-15)20(26)24-17(19(25)23-16-7-8-16)11-14-5-3-2-4-6-14/h2-6,9-10,12,16-17H,7-8,11H2,1H3,(H,23,25)(H,24,26). The maximum atomic E-state index is 12.9. The Morgan fingerprint density at radius 1 is 1.21 bits per heavy atom. The second kappa shape index (κ2) is 8.24. The van der Waals surface area contributed by atoms with Gasteiger partial charge in [-0.25, -0.2) is 4.98 Å². The van der Waals surface area contributed by atoms with Gasteiger partial charge < -0.3 is 10.6 Å². The summed E-state index contributed by atoms with van der Waals surface area (Å²) in [7, 11) is 0. The Morgan fingerprint density at radius 2 is 2.00 bits per heavy atom. The first-order valence-corrected chi connectivity index (χ1v) is 11.0. The number of rotatable bonds is 7. The van der Waals surface area contributed by atoms with E-state index in [1.165, 1.54) is 11.3 Å². The van der Waals surface area contributed by atoms with Crippen LogP contribution in [-0.4, -0.2) is 28.9 Å². The van der Waals surface area contributed by atoms with E-state index in [0.29, 0.717) is 17.0 Å². The number of thiophene rings is 1. The molecule has 5 nitrogen and oxygen atoms in total. The number of nitrogens with zero attached hydrogens (tertiary/aromatic N) is 1. The largest absolute Gasteiger partial charge is 0.352 e. The molecular formula is C21H21N3O2S2. The average molecular weight is 412 g/mol. The maximum absolute atomic E-state index is 12.9. The van der Waals surface area contributed by atoms with E-state index in [1.807, 2.05) is 54.1 Å². The lowest BCUT2D eigenvalue weighted by Gasteiger charge is -2.18. The first-order chi connectivity index (χ1) is 13.6. The number of hydrogen-bond acceptors (Lipinski definition) is 5. The van der Waals surface area contributed by atoms with Crippen molar-refractivity contribution < 1.29 is 9.59 Å². The van der Waals surface area contributed by atoms with Crippen LogP contribution in [0, 0.1) is 6.92 Å². The molecule has 1 fully saturated rings. The molecule has 2 N–H and O–H groups in total. The molecule has 28 heavy (non-hydrogen) atoms. The Kier molecular flexibility index (Phi) is 5.54. The first-order valence-electron chi connectivity index (χ1n) is 9.25. The van der Waals surface area contributed by atoms with Crippen molar-refractivity contribution in [1.82, 2.24) is 15.6 Å². The average Bonchev–Trinajstić information content (AvgIpc) is 3.18. The van der Waals surface area contributed by atoms with Crippen LogP contribution < -0.4 is 10.6 Å². The summed E-state index contributed by atoms with van der Waals surface area (Å²) in [5, 5.41) is 10.8. The van der Waals surface area contributed by atoms with Gasteiger partial charge in [-0.3, -0.25) is 9.59 Å². The minimum absolute atomic E-state index is 0.125. The molecule has 7 heteroatoms. The van der Waals surface area contributed by atoms with Gasteiger partial charge >= 0.3 is 0 Å². The van der Waals surface area contributed by atoms with Gasteiger partial charge in [0.15, 0.2) is 0 Å². The zero-order chi connectivity index (χ0) is 19.5. The van der Waals surface area contributed by atoms with Gasteiger partial charge in [0.25, 0.3) is 5.91 Å². The number of aryl methyl sites for hydroxylation is 1. The molecule has 0 aliphatic heterocycles. The summed E-state index contributed by atoms with van der Waals surface area (Å²) in [6, 6.07) is 11.4. The van der Waals surface area contributed by atoms with Crippen LogP contribution in [0.25, 0.3) is 10.6 Å². The minimum atomic E-state index is -0.610. The third-order valence-electron chi connectivity index (χ3n) is 4.60. The molecule has 0 radical (unpaired) electrons. The number of aromatic nitrogens is 1. The lowest BCUT2D eigenvalue weighted by Crippen LogP contribution is -2.48. The Labute approximate surface area is 171 Å². The predicted molar refractivity (Wildman–Crippen MR) is 113 cm³/mol. The summed E-state index contributed by atoms with van der Waals surface area (Å²) in [5.41, 5.74) is 2.72. The fraction of sp³-hybridized carbons (Fsp3) is 0.286. The van der Waals surface area contributed by atoms with Crippen LogP contribution in [0.3, 0.4) is 0 Å². The van der Waals surface area contributed by atoms with Crippen LogP contribution in [-0.2, 0) is 11.2 Å². The van der Waals surface area contributed by atoms with Gasteiger partial charge in [-0.1, -0.05) is 30.3 Å². The zero-order valence-corrected chi connectivity index (χ0v) is 17.1. The van der Waals surface area contributed by atoms with Crippen LogP contribution in [0.15, 0.2) is 47.2 Å². The van der Waals surface area contributed by atoms with E-state index in [2.05, 4.69) is 15.6 Å². The number of hydrogen-bond donors (Lipinski definition) is 2. The van der Waals surface area contributed by atoms with Gasteiger partial charge in [0.05, 0.1) is 5.69 Å². The summed E-state index contributed by atoms with van der Waals surface area (Å²) in [6.07, 6.45) is 2.48. The Balaban J connectivity index is 1.52. The Hall–Kier alpha value is -2.51. The van der Waals surface area contributed by atoms with E-state index < -0.39 is 6.04 Å². The molecule has 1 aliphatic carbocycles. The van der Waals surface area contributed by atoms with Crippen LogP contribution in [0.5, 0.6) is 0 Å². The minimum Gasteiger partial charge on any atom is -0.352 e. The second-order valence-electron chi connectivity index (χ2n) is 6.94. The highest BCUT2D eigenvalue weighted by atomic mass is 32.1. The highest BCUT2D eigenvalue weighted by molar-refractivity contribution is 7.17. The van der Waals surface area contributed by atoms with Crippen molar-refractivity contribution in [3.8, 4) is 10.6 Å². The Bertz CT molecular complexity index is 963. The molecule has 144 valence electrons. The smallest absolute Gasteiger partial charge is 0.263 e. The molecular weight excluding hydrogens is 390 g/mol. The number of benzene rings is 1. The molecule has 0 spiro atoms. The van der Waals surface area contributed by atoms with Gasteiger partial charge in [-0.05, 0) is 36.8 Å². The van der Waals surface area contributed by atoms with Crippen molar-refractivity contribution >= 4 is 34.5 Å². The lowest BCUT2D eigenvalue weighted by atomic mass is 10.0. The molecule has 1 saturated carbocycles. The molecule has 2 amide bonds. The summed E-state index contributed by atoms with van der Waals surface area (Å²) >= 11 is 2.96. The monoisotopic (exact) mass is 411 g/mol. The fourth-order valence-electron chi connectivity index (χ4n) is 2.93. The van der Waals surface area contributed by atoms with E-state index in [-0.39, 0.29) is 17.9 Å². The molecule has 4 rings (SSSR count). The van der Waals surface area contributed by atoms with E-state index in [9.17, 15) is 9.59 Å². The van der Waals surface area contributed by atoms with Gasteiger partial charge in [0.1, 0.15) is 15.9 Å². The summed E-state index contributed by atoms with van der Waals surface area (Å²) in [4.78, 5) is 30.7. The molecule has 2 aromatic heterocycles. The van der Waals surface area contributed by atoms with Crippen molar-refractivity contribution in [1.29, 1.82) is 0 Å². The van der Waals surface area contributed by atoms with Crippen LogP contribution >= 0.6 is 22.7 Å². The summed E-state index contributed by atoms with van der Waals surface area (Å²) in [5.74, 6) is -0.372. The van der Waals surface area contributed by atoms with Crippen molar-refractivity contribution in [2.45, 2.75) is 38.3 Å². The second-order valence-corrected chi connectivity index (χ2v) is 8.72. The number of nitrogens with one attached hydrogen (secondary N) is 2. The number of carbonyl (C=O) groups is 2. The summed E-state index contributed by atoms with van der Waals surface area (Å²) in [6.45, 7) is 1.83. The molecule has 1 aliphatic rings. The third-order valence-corrected chi connectivity index (χ3v) is 6.49. The van der Waals surface area contributed by atoms with Gasteiger partial charge in [0, 0.05) is 23.4 Å². The van der Waals surface area contributed by atoms with E-state index >= 15 is 0 Å². The fourth-order valence-corrected chi connectivity index (χ4v) is 4.61. The van der Waals surface area contributed by atoms with Crippen LogP contribution in [0.2, 0.25) is 0 Å². The molecule has 1 unspecified atom stereocenters. The summed E-state index contributed by atoms with van der Waals surface area (Å²) < 4.78 is 0. The van der Waals surface area contributed by atoms with Crippen LogP contribution in [0.4, 0.5) is 0 Å². The SMILES string of the molecule is Cc1nc(-c2ccsc2)sc1C(=O)NC(Cc1ccccc1)C(=O)NC1CC1. The molecule has 3 aromatic rings. The molecule has 0 bridgehead atoms. The van der Waals surface area contributed by atoms with E-state index in [4.69, 9.17) is 0 Å². The maximum Gasteiger partial charge on any atom is 0.263 e. The quantitative estimate of drug-likeness (QED) is 0.621. The Morgan fingerprint density at radius 3 is 2.68 bits per heavy atom. The molecule has 1 aromatic carbocycles. The highest BCUT2D eigenvalue weighted by Crippen LogP contribution is 2.29. The number of carbonyl (C=O) groups excluding carboxylic acids is 2. The normalized spacial score (nSPS) is 14.5. The van der Waals surface area contributed by atoms with Gasteiger partial charge in [0.2, 0.25) is 5.91 Å². The van der Waals surface area contributed by atoms with Gasteiger partial charge in [-0.2, -0.15) is 11.3 Å². The number of thiazole rings is 1. The lowest BCUT2D eigenvalue weighted by molar-refractivity contribution is -0.123. The molecule has 2 heterocycles. The highest BCUT2D eigenvalue weighted by Gasteiger charge is 2.29. The van der Waals surface area contributed by atoms with Gasteiger partial charge in [-0.15, -0.1) is 11.3 Å². The molecule has 0 saturated heterocycles. The van der Waals surface area contributed by atoms with Crippen molar-refractivity contribution in [3.05, 3.63) is 63.3 Å². The van der Waals surface area contributed by atoms with Crippen molar-refractivity contribution in [3.63, 3.8) is 0 Å². The van der Waals surface area contributed by atoms with E-state index in [1.54, 1.807) is 11.3 Å². The number of amides is 2. The van der Waals surface area contributed by atoms with E-state index in [0.717, 1.165) is 29.0 Å². The third kappa shape index (κ3) is 4.48. The van der Waals surface area contributed by atoms with Crippen molar-refractivity contribution in [2.24, 2.45) is 0 Å².